The van der Waals surface area contributed by atoms with Crippen LogP contribution in [0.5, 0.6) is 0 Å². The lowest BCUT2D eigenvalue weighted by atomic mass is 9.70. The van der Waals surface area contributed by atoms with Gasteiger partial charge in [0.2, 0.25) is 10.0 Å². The van der Waals surface area contributed by atoms with Crippen LogP contribution in [0.25, 0.3) is 0 Å². The molecule has 0 aromatic heterocycles. The van der Waals surface area contributed by atoms with Crippen molar-refractivity contribution in [2.45, 2.75) is 78.5 Å². The molecule has 3 atom stereocenters. The third kappa shape index (κ3) is 6.28. The lowest BCUT2D eigenvalue weighted by Gasteiger charge is -2.48. The largest absolute Gasteiger partial charge is 0.377 e. The third-order valence-corrected chi connectivity index (χ3v) is 7.09. The van der Waals surface area contributed by atoms with Crippen molar-refractivity contribution in [2.75, 3.05) is 34.0 Å². The average Bonchev–Trinajstić information content (AvgIpc) is 2.45. The second kappa shape index (κ2) is 8.97. The first kappa shape index (κ1) is 23.8. The first-order valence-corrected chi connectivity index (χ1v) is 10.8. The molecule has 0 aliphatic heterocycles. The van der Waals surface area contributed by atoms with Gasteiger partial charge in [-0.15, -0.1) is 0 Å². The molecule has 24 heavy (non-hydrogen) atoms. The Bertz CT molecular complexity index is 479. The summed E-state index contributed by atoms with van der Waals surface area (Å²) >= 11 is 0. The van der Waals surface area contributed by atoms with E-state index in [-0.39, 0.29) is 23.1 Å². The summed E-state index contributed by atoms with van der Waals surface area (Å²) in [6.45, 7) is 13.2. The lowest BCUT2D eigenvalue weighted by molar-refractivity contribution is -0.0180. The van der Waals surface area contributed by atoms with Crippen LogP contribution >= 0.6 is 0 Å². The Balaban J connectivity index is 5.80. The van der Waals surface area contributed by atoms with E-state index in [2.05, 4.69) is 46.7 Å². The number of likely N-dealkylation sites (N-methyl/N-ethyl adjacent to an activating group) is 1. The molecule has 0 saturated heterocycles. The highest BCUT2D eigenvalue weighted by Gasteiger charge is 2.43. The Morgan fingerprint density at radius 1 is 1.04 bits per heavy atom. The van der Waals surface area contributed by atoms with Crippen LogP contribution in [0, 0.1) is 5.41 Å². The van der Waals surface area contributed by atoms with Crippen LogP contribution < -0.4 is 0 Å². The van der Waals surface area contributed by atoms with Gasteiger partial charge in [0.25, 0.3) is 0 Å². The molecule has 0 fully saturated rings. The summed E-state index contributed by atoms with van der Waals surface area (Å²) < 4.78 is 31.8. The molecular formula is C18H40N2O3S. The van der Waals surface area contributed by atoms with Crippen molar-refractivity contribution in [1.29, 1.82) is 0 Å². The molecule has 0 aliphatic carbocycles. The fraction of sp³-hybridized carbons (Fsp3) is 1.00. The van der Waals surface area contributed by atoms with Crippen LogP contribution in [0.4, 0.5) is 0 Å². The number of hydrogen-bond donors (Lipinski definition) is 0. The normalized spacial score (nSPS) is 19.5. The van der Waals surface area contributed by atoms with Crippen molar-refractivity contribution < 1.29 is 13.2 Å². The summed E-state index contributed by atoms with van der Waals surface area (Å²) in [7, 11) is 2.58. The van der Waals surface area contributed by atoms with Crippen molar-refractivity contribution in [3.8, 4) is 0 Å². The van der Waals surface area contributed by atoms with Crippen molar-refractivity contribution in [1.82, 2.24) is 9.21 Å². The number of nitrogens with zero attached hydrogens (tertiary/aromatic N) is 2. The van der Waals surface area contributed by atoms with E-state index < -0.39 is 10.0 Å². The van der Waals surface area contributed by atoms with Crippen LogP contribution in [0.1, 0.15) is 60.8 Å². The Labute approximate surface area is 150 Å². The summed E-state index contributed by atoms with van der Waals surface area (Å²) in [5.74, 6) is 0. The molecule has 0 aliphatic rings. The Hall–Kier alpha value is -0.170. The van der Waals surface area contributed by atoms with Gasteiger partial charge < -0.3 is 9.64 Å². The van der Waals surface area contributed by atoms with Gasteiger partial charge in [0.15, 0.2) is 0 Å². The molecule has 0 saturated carbocycles. The first-order chi connectivity index (χ1) is 10.7. The van der Waals surface area contributed by atoms with Crippen molar-refractivity contribution in [3.63, 3.8) is 0 Å². The second-order valence-electron chi connectivity index (χ2n) is 8.11. The molecule has 0 aromatic rings. The molecule has 0 amide bonds. The maximum atomic E-state index is 12.2. The first-order valence-electron chi connectivity index (χ1n) is 8.95. The highest BCUT2D eigenvalue weighted by molar-refractivity contribution is 7.88. The number of hydrogen-bond acceptors (Lipinski definition) is 4. The number of rotatable bonds is 11. The summed E-state index contributed by atoms with van der Waals surface area (Å²) in [6, 6.07) is -0.189. The lowest BCUT2D eigenvalue weighted by Crippen LogP contribution is -2.54. The van der Waals surface area contributed by atoms with E-state index >= 15 is 0 Å². The van der Waals surface area contributed by atoms with E-state index in [4.69, 9.17) is 4.74 Å². The molecule has 6 heteroatoms. The van der Waals surface area contributed by atoms with E-state index in [0.29, 0.717) is 6.61 Å². The quantitative estimate of drug-likeness (QED) is 0.565. The highest BCUT2D eigenvalue weighted by atomic mass is 32.2. The van der Waals surface area contributed by atoms with Gasteiger partial charge >= 0.3 is 0 Å². The van der Waals surface area contributed by atoms with Crippen LogP contribution in [0.2, 0.25) is 0 Å². The third-order valence-electron chi connectivity index (χ3n) is 5.79. The molecule has 0 heterocycles. The monoisotopic (exact) mass is 364 g/mol. The van der Waals surface area contributed by atoms with E-state index in [1.54, 1.807) is 7.05 Å². The molecule has 0 radical (unpaired) electrons. The SMILES string of the molecule is CCC(C)(CC(C)(CC)N(C)C)C(COC(C)C)N(C)S(C)(=O)=O. The summed E-state index contributed by atoms with van der Waals surface area (Å²) in [6.07, 6.45) is 4.16. The summed E-state index contributed by atoms with van der Waals surface area (Å²) in [4.78, 5) is 2.25. The average molecular weight is 365 g/mol. The molecule has 3 unspecified atom stereocenters. The van der Waals surface area contributed by atoms with Gasteiger partial charge in [-0.05, 0) is 59.5 Å². The molecular weight excluding hydrogens is 324 g/mol. The standard InChI is InChI=1S/C18H40N2O3S/c1-11-17(5,14-18(6,12-2)19(7)8)16(13-23-15(3)4)20(9)24(10,21)22/h15-16H,11-14H2,1-10H3. The maximum absolute atomic E-state index is 12.2. The molecule has 0 rings (SSSR count). The van der Waals surface area contributed by atoms with Gasteiger partial charge in [-0.1, -0.05) is 20.8 Å². The van der Waals surface area contributed by atoms with Crippen molar-refractivity contribution in [2.24, 2.45) is 5.41 Å². The number of sulfonamides is 1. The second-order valence-corrected chi connectivity index (χ2v) is 10.1. The molecule has 0 aromatic carbocycles. The predicted molar refractivity (Wildman–Crippen MR) is 103 cm³/mol. The molecule has 0 spiro atoms. The van der Waals surface area contributed by atoms with Crippen LogP contribution in [-0.4, -0.2) is 69.3 Å². The van der Waals surface area contributed by atoms with Gasteiger partial charge in [0, 0.05) is 12.6 Å². The van der Waals surface area contributed by atoms with E-state index in [0.717, 1.165) is 19.3 Å². The molecule has 0 bridgehead atoms. The van der Waals surface area contributed by atoms with Crippen LogP contribution in [0.15, 0.2) is 0 Å². The number of ether oxygens (including phenoxy) is 1. The van der Waals surface area contributed by atoms with Crippen LogP contribution in [0.3, 0.4) is 0 Å². The minimum Gasteiger partial charge on any atom is -0.377 e. The molecule has 5 nitrogen and oxygen atoms in total. The minimum atomic E-state index is -3.29. The van der Waals surface area contributed by atoms with Gasteiger partial charge in [-0.2, -0.15) is 4.31 Å². The van der Waals surface area contributed by atoms with Crippen molar-refractivity contribution >= 4 is 10.0 Å². The Morgan fingerprint density at radius 3 is 1.83 bits per heavy atom. The zero-order valence-corrected chi connectivity index (χ0v) is 18.3. The Kier molecular flexibility index (Phi) is 8.90. The zero-order chi connectivity index (χ0) is 19.3. The maximum Gasteiger partial charge on any atom is 0.211 e. The molecule has 146 valence electrons. The van der Waals surface area contributed by atoms with Gasteiger partial charge in [-0.25, -0.2) is 8.42 Å². The zero-order valence-electron chi connectivity index (χ0n) is 17.5. The van der Waals surface area contributed by atoms with E-state index in [9.17, 15) is 8.42 Å². The van der Waals surface area contributed by atoms with Crippen LogP contribution in [-0.2, 0) is 14.8 Å². The smallest absolute Gasteiger partial charge is 0.211 e. The van der Waals surface area contributed by atoms with Gasteiger partial charge in [0.1, 0.15) is 0 Å². The van der Waals surface area contributed by atoms with Gasteiger partial charge in [-0.3, -0.25) is 0 Å². The van der Waals surface area contributed by atoms with Crippen molar-refractivity contribution in [3.05, 3.63) is 0 Å². The topological polar surface area (TPSA) is 49.9 Å². The summed E-state index contributed by atoms with van der Waals surface area (Å²) in [5.41, 5.74) is -0.166. The highest BCUT2D eigenvalue weighted by Crippen LogP contribution is 2.41. The van der Waals surface area contributed by atoms with E-state index in [1.165, 1.54) is 10.6 Å². The summed E-state index contributed by atoms with van der Waals surface area (Å²) in [5, 5.41) is 0. The fourth-order valence-electron chi connectivity index (χ4n) is 3.21. The Morgan fingerprint density at radius 2 is 1.54 bits per heavy atom. The fourth-order valence-corrected chi connectivity index (χ4v) is 3.99. The predicted octanol–water partition coefficient (Wildman–Crippen LogP) is 3.21. The molecule has 0 N–H and O–H groups in total. The van der Waals surface area contributed by atoms with E-state index in [1.807, 2.05) is 13.8 Å². The minimum absolute atomic E-state index is 0.0131. The van der Waals surface area contributed by atoms with Gasteiger partial charge in [0.05, 0.1) is 25.0 Å².